The molecule has 0 aromatic heterocycles. The molecule has 1 N–H and O–H groups in total. The largest absolute Gasteiger partial charge is 0.387 e. The summed E-state index contributed by atoms with van der Waals surface area (Å²) in [4.78, 5) is 0.140. The van der Waals surface area contributed by atoms with Crippen LogP contribution in [0.2, 0.25) is 0 Å². The Morgan fingerprint density at radius 2 is 1.69 bits per heavy atom. The second kappa shape index (κ2) is 9.73. The molecule has 16 heavy (non-hydrogen) atoms. The van der Waals surface area contributed by atoms with Gasteiger partial charge in [-0.25, -0.2) is 0 Å². The van der Waals surface area contributed by atoms with Crippen LogP contribution in [0.15, 0.2) is 0 Å². The molecular weight excluding hydrogens is 287 g/mol. The zero-order valence-electron chi connectivity index (χ0n) is 10.6. The van der Waals surface area contributed by atoms with E-state index in [1.54, 1.807) is 0 Å². The van der Waals surface area contributed by atoms with Crippen molar-refractivity contribution in [2.75, 3.05) is 5.88 Å². The molecule has 0 aliphatic heterocycles. The van der Waals surface area contributed by atoms with Crippen molar-refractivity contribution in [3.05, 3.63) is 0 Å². The molecule has 0 fully saturated rings. The number of unbranched alkanes of at least 4 members (excludes halogenated alkanes) is 4. The summed E-state index contributed by atoms with van der Waals surface area (Å²) in [6.07, 6.45) is 8.86. The lowest BCUT2D eigenvalue weighted by atomic mass is 9.91. The molecule has 0 spiro atoms. The van der Waals surface area contributed by atoms with Gasteiger partial charge < -0.3 is 5.11 Å². The Kier molecular flexibility index (Phi) is 10.2. The quantitative estimate of drug-likeness (QED) is 0.450. The van der Waals surface area contributed by atoms with Crippen molar-refractivity contribution < 1.29 is 5.11 Å². The summed E-state index contributed by atoms with van der Waals surface area (Å²) in [6, 6.07) is 0. The zero-order chi connectivity index (χ0) is 12.4. The standard InChI is InChI=1S/C13H26BrClO/c1-3-5-7-9-12(14)13(16,11-15)10-8-6-4-2/h12,16H,3-11H2,1-2H3. The van der Waals surface area contributed by atoms with Gasteiger partial charge >= 0.3 is 0 Å². The van der Waals surface area contributed by atoms with Crippen LogP contribution in [0.25, 0.3) is 0 Å². The fraction of sp³-hybridized carbons (Fsp3) is 1.00. The molecule has 2 atom stereocenters. The van der Waals surface area contributed by atoms with Gasteiger partial charge in [-0.1, -0.05) is 68.3 Å². The van der Waals surface area contributed by atoms with Crippen LogP contribution in [0.5, 0.6) is 0 Å². The van der Waals surface area contributed by atoms with Gasteiger partial charge in [0.05, 0.1) is 11.5 Å². The fourth-order valence-electron chi connectivity index (χ4n) is 1.83. The van der Waals surface area contributed by atoms with E-state index in [-0.39, 0.29) is 4.83 Å². The van der Waals surface area contributed by atoms with Crippen LogP contribution in [0, 0.1) is 0 Å². The molecule has 3 heteroatoms. The molecule has 0 aromatic carbocycles. The minimum absolute atomic E-state index is 0.140. The lowest BCUT2D eigenvalue weighted by Gasteiger charge is -2.31. The zero-order valence-corrected chi connectivity index (χ0v) is 13.0. The van der Waals surface area contributed by atoms with Crippen molar-refractivity contribution >= 4 is 27.5 Å². The van der Waals surface area contributed by atoms with Gasteiger partial charge in [-0.15, -0.1) is 11.6 Å². The van der Waals surface area contributed by atoms with Crippen LogP contribution in [-0.4, -0.2) is 21.4 Å². The Labute approximate surface area is 114 Å². The second-order valence-corrected chi connectivity index (χ2v) is 6.03. The third-order valence-electron chi connectivity index (χ3n) is 3.09. The lowest BCUT2D eigenvalue weighted by molar-refractivity contribution is 0.0485. The van der Waals surface area contributed by atoms with E-state index < -0.39 is 5.60 Å². The predicted octanol–water partition coefficient (Wildman–Crippen LogP) is 4.88. The Bertz CT molecular complexity index is 166. The Morgan fingerprint density at radius 1 is 1.12 bits per heavy atom. The van der Waals surface area contributed by atoms with Gasteiger partial charge in [-0.2, -0.15) is 0 Å². The third-order valence-corrected chi connectivity index (χ3v) is 4.86. The van der Waals surface area contributed by atoms with Crippen LogP contribution in [0.4, 0.5) is 0 Å². The van der Waals surface area contributed by atoms with Gasteiger partial charge in [0.1, 0.15) is 0 Å². The molecule has 0 rings (SSSR count). The highest BCUT2D eigenvalue weighted by molar-refractivity contribution is 9.09. The predicted molar refractivity (Wildman–Crippen MR) is 76.7 cm³/mol. The first kappa shape index (κ1) is 16.7. The number of alkyl halides is 2. The number of aliphatic hydroxyl groups is 1. The van der Waals surface area contributed by atoms with Gasteiger partial charge in [0.2, 0.25) is 0 Å². The maximum absolute atomic E-state index is 10.4. The number of halogens is 2. The first-order valence-electron chi connectivity index (χ1n) is 6.53. The molecule has 0 saturated carbocycles. The van der Waals surface area contributed by atoms with Crippen molar-refractivity contribution in [2.24, 2.45) is 0 Å². The van der Waals surface area contributed by atoms with E-state index in [0.717, 1.165) is 19.3 Å². The maximum Gasteiger partial charge on any atom is 0.0906 e. The van der Waals surface area contributed by atoms with E-state index in [0.29, 0.717) is 5.88 Å². The number of rotatable bonds is 10. The van der Waals surface area contributed by atoms with Crippen LogP contribution >= 0.6 is 27.5 Å². The van der Waals surface area contributed by atoms with Crippen molar-refractivity contribution in [1.29, 1.82) is 0 Å². The molecule has 0 saturated heterocycles. The van der Waals surface area contributed by atoms with Crippen LogP contribution in [0.3, 0.4) is 0 Å². The van der Waals surface area contributed by atoms with Crippen molar-refractivity contribution in [1.82, 2.24) is 0 Å². The summed E-state index contributed by atoms with van der Waals surface area (Å²) in [6.45, 7) is 4.37. The van der Waals surface area contributed by atoms with Crippen LogP contribution in [0.1, 0.15) is 65.2 Å². The molecule has 0 heterocycles. The minimum Gasteiger partial charge on any atom is -0.387 e. The van der Waals surface area contributed by atoms with Crippen molar-refractivity contribution in [2.45, 2.75) is 75.6 Å². The highest BCUT2D eigenvalue weighted by atomic mass is 79.9. The summed E-state index contributed by atoms with van der Waals surface area (Å²) < 4.78 is 0. The smallest absolute Gasteiger partial charge is 0.0906 e. The molecule has 1 nitrogen and oxygen atoms in total. The Morgan fingerprint density at radius 3 is 2.19 bits per heavy atom. The second-order valence-electron chi connectivity index (χ2n) is 4.66. The molecule has 0 aliphatic carbocycles. The maximum atomic E-state index is 10.4. The van der Waals surface area contributed by atoms with E-state index in [2.05, 4.69) is 29.8 Å². The monoisotopic (exact) mass is 312 g/mol. The van der Waals surface area contributed by atoms with Crippen molar-refractivity contribution in [3.63, 3.8) is 0 Å². The third kappa shape index (κ3) is 6.46. The summed E-state index contributed by atoms with van der Waals surface area (Å²) in [5.41, 5.74) is -0.718. The highest BCUT2D eigenvalue weighted by Crippen LogP contribution is 2.30. The SMILES string of the molecule is CCCCCC(Br)C(O)(CCl)CCCCC. The molecule has 98 valence electrons. The molecule has 0 bridgehead atoms. The first-order valence-corrected chi connectivity index (χ1v) is 7.98. The van der Waals surface area contributed by atoms with Gasteiger partial charge in [-0.3, -0.25) is 0 Å². The molecule has 0 aromatic rings. The Balaban J connectivity index is 3.99. The van der Waals surface area contributed by atoms with Gasteiger partial charge in [0.25, 0.3) is 0 Å². The van der Waals surface area contributed by atoms with Crippen molar-refractivity contribution in [3.8, 4) is 0 Å². The molecule has 0 aliphatic rings. The molecule has 0 amide bonds. The van der Waals surface area contributed by atoms with E-state index >= 15 is 0 Å². The van der Waals surface area contributed by atoms with Crippen LogP contribution < -0.4 is 0 Å². The van der Waals surface area contributed by atoms with E-state index in [1.165, 1.54) is 32.1 Å². The van der Waals surface area contributed by atoms with Gasteiger partial charge in [-0.05, 0) is 12.8 Å². The van der Waals surface area contributed by atoms with E-state index in [1.807, 2.05) is 0 Å². The normalized spacial score (nSPS) is 17.1. The summed E-state index contributed by atoms with van der Waals surface area (Å²) in [7, 11) is 0. The number of hydrogen-bond donors (Lipinski definition) is 1. The average molecular weight is 314 g/mol. The minimum atomic E-state index is -0.718. The topological polar surface area (TPSA) is 20.2 Å². The molecular formula is C13H26BrClO. The van der Waals surface area contributed by atoms with Crippen LogP contribution in [-0.2, 0) is 0 Å². The van der Waals surface area contributed by atoms with Gasteiger partial charge in [0, 0.05) is 4.83 Å². The van der Waals surface area contributed by atoms with E-state index in [9.17, 15) is 5.11 Å². The average Bonchev–Trinajstić information content (AvgIpc) is 2.29. The molecule has 2 unspecified atom stereocenters. The Hall–Kier alpha value is 0.730. The molecule has 0 radical (unpaired) electrons. The summed E-state index contributed by atoms with van der Waals surface area (Å²) in [5.74, 6) is 0.332. The fourth-order valence-corrected chi connectivity index (χ4v) is 3.05. The number of hydrogen-bond acceptors (Lipinski definition) is 1. The van der Waals surface area contributed by atoms with E-state index in [4.69, 9.17) is 11.6 Å². The summed E-state index contributed by atoms with van der Waals surface area (Å²) >= 11 is 9.52. The lowest BCUT2D eigenvalue weighted by Crippen LogP contribution is -2.40. The highest BCUT2D eigenvalue weighted by Gasteiger charge is 2.33. The first-order chi connectivity index (χ1) is 7.60. The summed E-state index contributed by atoms with van der Waals surface area (Å²) in [5, 5.41) is 10.4. The van der Waals surface area contributed by atoms with Gasteiger partial charge in [0.15, 0.2) is 0 Å².